The van der Waals surface area contributed by atoms with Gasteiger partial charge in [0, 0.05) is 13.0 Å². The van der Waals surface area contributed by atoms with Crippen LogP contribution in [0.2, 0.25) is 0 Å². The minimum atomic E-state index is -0.660. The van der Waals surface area contributed by atoms with Crippen LogP contribution in [0.5, 0.6) is 0 Å². The van der Waals surface area contributed by atoms with E-state index in [1.165, 1.54) is 5.56 Å². The molecule has 2 rings (SSSR count). The van der Waals surface area contributed by atoms with E-state index < -0.39 is 6.10 Å². The summed E-state index contributed by atoms with van der Waals surface area (Å²) in [6.07, 6.45) is 1.36. The molecule has 0 bridgehead atoms. The minimum absolute atomic E-state index is 0.148. The smallest absolute Gasteiger partial charge is 0.117 e. The fourth-order valence-corrected chi connectivity index (χ4v) is 3.11. The van der Waals surface area contributed by atoms with Crippen molar-refractivity contribution in [3.8, 4) is 6.07 Å². The highest BCUT2D eigenvalue weighted by Crippen LogP contribution is 2.29. The highest BCUT2D eigenvalue weighted by molar-refractivity contribution is 5.31. The summed E-state index contributed by atoms with van der Waals surface area (Å²) in [4.78, 5) is 1.87. The molecule has 0 aliphatic rings. The van der Waals surface area contributed by atoms with Crippen molar-refractivity contribution in [1.82, 2.24) is 4.90 Å². The highest BCUT2D eigenvalue weighted by atomic mass is 16.3. The van der Waals surface area contributed by atoms with Crippen molar-refractivity contribution in [2.24, 2.45) is 5.92 Å². The molecule has 0 radical (unpaired) electrons. The molecule has 2 aromatic rings. The van der Waals surface area contributed by atoms with Gasteiger partial charge < -0.3 is 10.0 Å². The number of allylic oxidation sites excluding steroid dienone is 2. The second-order valence-corrected chi connectivity index (χ2v) is 7.05. The summed E-state index contributed by atoms with van der Waals surface area (Å²) < 4.78 is 0. The summed E-state index contributed by atoms with van der Waals surface area (Å²) in [5.74, 6) is 0.512. The highest BCUT2D eigenvalue weighted by Gasteiger charge is 2.23. The van der Waals surface area contributed by atoms with Gasteiger partial charge in [-0.2, -0.15) is 5.26 Å². The predicted molar refractivity (Wildman–Crippen MR) is 106 cm³/mol. The first-order chi connectivity index (χ1) is 12.5. The van der Waals surface area contributed by atoms with Crippen LogP contribution in [0.1, 0.15) is 43.9 Å². The molecule has 0 aliphatic heterocycles. The fourth-order valence-electron chi connectivity index (χ4n) is 3.11. The Morgan fingerprint density at radius 2 is 1.46 bits per heavy atom. The Morgan fingerprint density at radius 3 is 1.92 bits per heavy atom. The lowest BCUT2D eigenvalue weighted by atomic mass is 9.87. The van der Waals surface area contributed by atoms with E-state index in [1.807, 2.05) is 73.5 Å². The second kappa shape index (κ2) is 9.22. The first-order valence-electron chi connectivity index (χ1n) is 9.08. The zero-order valence-corrected chi connectivity index (χ0v) is 16.0. The predicted octanol–water partition coefficient (Wildman–Crippen LogP) is 4.89. The first kappa shape index (κ1) is 19.8. The number of aliphatic hydroxyl groups excluding tert-OH is 1. The molecule has 0 heterocycles. The van der Waals surface area contributed by atoms with E-state index in [1.54, 1.807) is 0 Å². The lowest BCUT2D eigenvalue weighted by molar-refractivity contribution is 0.0910. The summed E-state index contributed by atoms with van der Waals surface area (Å²) >= 11 is 0. The van der Waals surface area contributed by atoms with Crippen LogP contribution in [0.15, 0.2) is 72.4 Å². The largest absolute Gasteiger partial charge is 0.386 e. The maximum atomic E-state index is 10.7. The average Bonchev–Trinajstić information content (AvgIpc) is 2.68. The molecule has 1 N–H and O–H groups in total. The van der Waals surface area contributed by atoms with Crippen LogP contribution in [0.25, 0.3) is 0 Å². The normalized spacial score (nSPS) is 15.2. The Bertz CT molecular complexity index is 747. The molecule has 0 saturated carbocycles. The minimum Gasteiger partial charge on any atom is -0.386 e. The van der Waals surface area contributed by atoms with Crippen LogP contribution < -0.4 is 0 Å². The van der Waals surface area contributed by atoms with Gasteiger partial charge in [0.05, 0.1) is 12.1 Å². The maximum absolute atomic E-state index is 10.7. The van der Waals surface area contributed by atoms with E-state index in [0.29, 0.717) is 11.6 Å². The van der Waals surface area contributed by atoms with Gasteiger partial charge in [-0.3, -0.25) is 0 Å². The van der Waals surface area contributed by atoms with E-state index in [9.17, 15) is 10.4 Å². The molecule has 3 heteroatoms. The van der Waals surface area contributed by atoms with Crippen LogP contribution >= 0.6 is 0 Å². The number of nitriles is 1. The third-order valence-electron chi connectivity index (χ3n) is 4.94. The van der Waals surface area contributed by atoms with E-state index in [0.717, 1.165) is 5.56 Å². The van der Waals surface area contributed by atoms with Gasteiger partial charge in [0.25, 0.3) is 0 Å². The molecule has 3 unspecified atom stereocenters. The molecule has 26 heavy (non-hydrogen) atoms. The molecule has 0 aromatic heterocycles. The van der Waals surface area contributed by atoms with Crippen LogP contribution in [0, 0.1) is 17.2 Å². The molecule has 2 aromatic carbocycles. The Morgan fingerprint density at radius 1 is 0.962 bits per heavy atom. The third-order valence-corrected chi connectivity index (χ3v) is 4.94. The van der Waals surface area contributed by atoms with Crippen molar-refractivity contribution < 1.29 is 5.11 Å². The van der Waals surface area contributed by atoms with Crippen LogP contribution in [0.3, 0.4) is 0 Å². The number of benzene rings is 2. The Kier molecular flexibility index (Phi) is 7.00. The van der Waals surface area contributed by atoms with Gasteiger partial charge in [0.15, 0.2) is 0 Å². The van der Waals surface area contributed by atoms with Gasteiger partial charge in [-0.1, -0.05) is 74.5 Å². The summed E-state index contributed by atoms with van der Waals surface area (Å²) in [5.41, 5.74) is 2.63. The van der Waals surface area contributed by atoms with Crippen LogP contribution in [0.4, 0.5) is 0 Å². The number of nitrogens with zero attached hydrogens (tertiary/aromatic N) is 2. The van der Waals surface area contributed by atoms with E-state index in [4.69, 9.17) is 0 Å². The molecule has 0 saturated heterocycles. The monoisotopic (exact) mass is 348 g/mol. The molecule has 136 valence electrons. The van der Waals surface area contributed by atoms with E-state index in [-0.39, 0.29) is 12.0 Å². The number of rotatable bonds is 7. The molecule has 3 atom stereocenters. The summed E-state index contributed by atoms with van der Waals surface area (Å²) in [7, 11) is 1.87. The second-order valence-electron chi connectivity index (χ2n) is 7.05. The number of aliphatic hydroxyl groups is 1. The molecule has 3 nitrogen and oxygen atoms in total. The van der Waals surface area contributed by atoms with E-state index >= 15 is 0 Å². The lowest BCUT2D eigenvalue weighted by Gasteiger charge is -2.31. The quantitative estimate of drug-likeness (QED) is 0.725. The zero-order valence-electron chi connectivity index (χ0n) is 16.0. The number of hydrogen-bond acceptors (Lipinski definition) is 3. The van der Waals surface area contributed by atoms with Gasteiger partial charge >= 0.3 is 0 Å². The molecular weight excluding hydrogens is 320 g/mol. The van der Waals surface area contributed by atoms with Gasteiger partial charge in [0.1, 0.15) is 11.8 Å². The van der Waals surface area contributed by atoms with Gasteiger partial charge in [-0.05, 0) is 30.0 Å². The van der Waals surface area contributed by atoms with Crippen molar-refractivity contribution in [3.05, 3.63) is 83.6 Å². The van der Waals surface area contributed by atoms with E-state index in [2.05, 4.69) is 32.0 Å². The van der Waals surface area contributed by atoms with Crippen LogP contribution in [-0.2, 0) is 0 Å². The van der Waals surface area contributed by atoms with Crippen molar-refractivity contribution in [1.29, 1.82) is 5.26 Å². The summed E-state index contributed by atoms with van der Waals surface area (Å²) in [5, 5.41) is 20.4. The lowest BCUT2D eigenvalue weighted by Crippen LogP contribution is -2.33. The average molecular weight is 348 g/mol. The Hall–Kier alpha value is -2.57. The van der Waals surface area contributed by atoms with Gasteiger partial charge in [-0.25, -0.2) is 0 Å². The van der Waals surface area contributed by atoms with Crippen molar-refractivity contribution >= 4 is 0 Å². The van der Waals surface area contributed by atoms with Gasteiger partial charge in [0.2, 0.25) is 0 Å². The van der Waals surface area contributed by atoms with Crippen molar-refractivity contribution in [2.75, 3.05) is 7.05 Å². The SMILES string of the molecule is CC(C)C(/C=C(\C#N)N(C)C(C)C(O)c1ccccc1)c1ccccc1. The van der Waals surface area contributed by atoms with Crippen molar-refractivity contribution in [3.63, 3.8) is 0 Å². The van der Waals surface area contributed by atoms with Gasteiger partial charge in [-0.15, -0.1) is 0 Å². The molecule has 0 spiro atoms. The fraction of sp³-hybridized carbons (Fsp3) is 0.348. The molecule has 0 aliphatic carbocycles. The van der Waals surface area contributed by atoms with Crippen LogP contribution in [-0.4, -0.2) is 23.1 Å². The molecule has 0 fully saturated rings. The standard InChI is InChI=1S/C23H28N2O/c1-17(2)22(19-11-7-5-8-12-19)15-21(16-24)25(4)18(3)23(26)20-13-9-6-10-14-20/h5-15,17-18,22-23,26H,1-4H3/b21-15+. The summed E-state index contributed by atoms with van der Waals surface area (Å²) in [6, 6.07) is 21.9. The topological polar surface area (TPSA) is 47.3 Å². The maximum Gasteiger partial charge on any atom is 0.117 e. The zero-order chi connectivity index (χ0) is 19.1. The third kappa shape index (κ3) is 4.74. The number of likely N-dealkylation sites (N-methyl/N-ethyl adjacent to an activating group) is 1. The Balaban J connectivity index is 2.27. The van der Waals surface area contributed by atoms with Crippen molar-refractivity contribution in [2.45, 2.75) is 38.8 Å². The molecule has 0 amide bonds. The molecular formula is C23H28N2O. The first-order valence-corrected chi connectivity index (χ1v) is 9.08. The number of hydrogen-bond donors (Lipinski definition) is 1. The summed E-state index contributed by atoms with van der Waals surface area (Å²) in [6.45, 7) is 6.26. The Labute approximate surface area is 157 Å².